The fourth-order valence-corrected chi connectivity index (χ4v) is 6.35. The highest BCUT2D eigenvalue weighted by Gasteiger charge is 2.56. The van der Waals surface area contributed by atoms with Crippen LogP contribution in [-0.2, 0) is 26.3 Å². The van der Waals surface area contributed by atoms with Crippen molar-refractivity contribution in [3.8, 4) is 0 Å². The zero-order chi connectivity index (χ0) is 24.4. The maximum absolute atomic E-state index is 14.2. The topological polar surface area (TPSA) is 87.2 Å². The van der Waals surface area contributed by atoms with Crippen molar-refractivity contribution in [1.82, 2.24) is 9.80 Å². The summed E-state index contributed by atoms with van der Waals surface area (Å²) in [6.45, 7) is 0.356. The summed E-state index contributed by atoms with van der Waals surface area (Å²) >= 11 is 0. The summed E-state index contributed by atoms with van der Waals surface area (Å²) in [4.78, 5) is 43.0. The van der Waals surface area contributed by atoms with E-state index in [1.165, 1.54) is 0 Å². The molecule has 2 aliphatic heterocycles. The van der Waals surface area contributed by atoms with Gasteiger partial charge in [-0.2, -0.15) is 0 Å². The van der Waals surface area contributed by atoms with Crippen LogP contribution in [0, 0.1) is 0 Å². The maximum atomic E-state index is 14.2. The Hall–Kier alpha value is -3.35. The number of piperazine rings is 1. The van der Waals surface area contributed by atoms with Gasteiger partial charge in [0.25, 0.3) is 0 Å². The summed E-state index contributed by atoms with van der Waals surface area (Å²) in [5.74, 6) is -1.17. The summed E-state index contributed by atoms with van der Waals surface area (Å²) < 4.78 is 5.57. The SMILES string of the molecule is O=C(O)[C@@H]1[C@H]2CC[C@@H](CN1C(=O)C1(c3ccccc3)CCCCC1)N2C(=O)OCc1ccccc1. The lowest BCUT2D eigenvalue weighted by Gasteiger charge is -2.48. The number of carboxylic acid groups (broad SMARTS) is 1. The Morgan fingerprint density at radius 3 is 2.23 bits per heavy atom. The van der Waals surface area contributed by atoms with Crippen LogP contribution in [0.5, 0.6) is 0 Å². The second-order valence-corrected chi connectivity index (χ2v) is 10.00. The molecule has 2 bridgehead atoms. The summed E-state index contributed by atoms with van der Waals surface area (Å²) in [5.41, 5.74) is 1.13. The number of carbonyl (C=O) groups excluding carboxylic acids is 2. The molecular weight excluding hydrogens is 444 g/mol. The van der Waals surface area contributed by atoms with E-state index in [4.69, 9.17) is 4.74 Å². The number of nitrogens with zero attached hydrogens (tertiary/aromatic N) is 2. The van der Waals surface area contributed by atoms with Gasteiger partial charge >= 0.3 is 12.1 Å². The van der Waals surface area contributed by atoms with Crippen molar-refractivity contribution in [2.45, 2.75) is 75.1 Å². The Morgan fingerprint density at radius 1 is 0.914 bits per heavy atom. The first-order valence-electron chi connectivity index (χ1n) is 12.6. The molecule has 0 aromatic heterocycles. The van der Waals surface area contributed by atoms with Gasteiger partial charge in [0.2, 0.25) is 5.91 Å². The largest absolute Gasteiger partial charge is 0.480 e. The van der Waals surface area contributed by atoms with Gasteiger partial charge in [-0.3, -0.25) is 9.69 Å². The molecular formula is C28H32N2O5. The van der Waals surface area contributed by atoms with Crippen LogP contribution in [0.15, 0.2) is 60.7 Å². The minimum absolute atomic E-state index is 0.106. The van der Waals surface area contributed by atoms with E-state index in [1.807, 2.05) is 60.7 Å². The number of hydrogen-bond donors (Lipinski definition) is 1. The molecule has 184 valence electrons. The molecule has 1 aliphatic carbocycles. The minimum atomic E-state index is -1.08. The van der Waals surface area contributed by atoms with E-state index in [9.17, 15) is 19.5 Å². The van der Waals surface area contributed by atoms with Crippen LogP contribution in [0.3, 0.4) is 0 Å². The molecule has 3 aliphatic rings. The third-order valence-corrected chi connectivity index (χ3v) is 8.03. The van der Waals surface area contributed by atoms with E-state index >= 15 is 0 Å². The van der Waals surface area contributed by atoms with Crippen molar-refractivity contribution < 1.29 is 24.2 Å². The van der Waals surface area contributed by atoms with E-state index in [0.717, 1.165) is 43.2 Å². The van der Waals surface area contributed by atoms with Gasteiger partial charge in [-0.1, -0.05) is 79.9 Å². The van der Waals surface area contributed by atoms with E-state index in [-0.39, 0.29) is 25.1 Å². The lowest BCUT2D eigenvalue weighted by Crippen LogP contribution is -2.67. The van der Waals surface area contributed by atoms with Crippen LogP contribution >= 0.6 is 0 Å². The summed E-state index contributed by atoms with van der Waals surface area (Å²) in [7, 11) is 0. The summed E-state index contributed by atoms with van der Waals surface area (Å²) in [5, 5.41) is 10.3. The molecule has 3 atom stereocenters. The highest BCUT2D eigenvalue weighted by atomic mass is 16.6. The maximum Gasteiger partial charge on any atom is 0.410 e. The van der Waals surface area contributed by atoms with E-state index in [2.05, 4.69) is 0 Å². The second kappa shape index (κ2) is 9.72. The Kier molecular flexibility index (Phi) is 6.50. The second-order valence-electron chi connectivity index (χ2n) is 10.00. The zero-order valence-corrected chi connectivity index (χ0v) is 19.8. The third-order valence-electron chi connectivity index (χ3n) is 8.03. The predicted molar refractivity (Wildman–Crippen MR) is 130 cm³/mol. The number of aliphatic carboxylic acids is 1. The molecule has 5 rings (SSSR count). The highest BCUT2D eigenvalue weighted by molar-refractivity contribution is 5.93. The van der Waals surface area contributed by atoms with Crippen LogP contribution in [-0.4, -0.2) is 57.5 Å². The van der Waals surface area contributed by atoms with Crippen molar-refractivity contribution in [2.24, 2.45) is 0 Å². The lowest BCUT2D eigenvalue weighted by atomic mass is 9.68. The van der Waals surface area contributed by atoms with Crippen molar-refractivity contribution in [3.63, 3.8) is 0 Å². The van der Waals surface area contributed by atoms with Gasteiger partial charge in [-0.25, -0.2) is 9.59 Å². The summed E-state index contributed by atoms with van der Waals surface area (Å²) in [6, 6.07) is 17.3. The van der Waals surface area contributed by atoms with Gasteiger partial charge in [-0.05, 0) is 36.8 Å². The van der Waals surface area contributed by atoms with Crippen LogP contribution < -0.4 is 0 Å². The molecule has 7 nitrogen and oxygen atoms in total. The fourth-order valence-electron chi connectivity index (χ4n) is 6.35. The van der Waals surface area contributed by atoms with E-state index in [1.54, 1.807) is 9.80 Å². The average molecular weight is 477 g/mol. The molecule has 0 unspecified atom stereocenters. The van der Waals surface area contributed by atoms with Crippen LogP contribution in [0.25, 0.3) is 0 Å². The van der Waals surface area contributed by atoms with Gasteiger partial charge in [0.1, 0.15) is 12.6 Å². The van der Waals surface area contributed by atoms with Gasteiger partial charge in [0.15, 0.2) is 0 Å². The molecule has 2 amide bonds. The normalized spacial score (nSPS) is 25.2. The van der Waals surface area contributed by atoms with Gasteiger partial charge in [-0.15, -0.1) is 0 Å². The Balaban J connectivity index is 1.40. The van der Waals surface area contributed by atoms with Crippen molar-refractivity contribution in [1.29, 1.82) is 0 Å². The van der Waals surface area contributed by atoms with Gasteiger partial charge < -0.3 is 14.7 Å². The number of carboxylic acids is 1. The smallest absolute Gasteiger partial charge is 0.410 e. The molecule has 0 radical (unpaired) electrons. The number of amides is 2. The Bertz CT molecular complexity index is 1070. The molecule has 2 saturated heterocycles. The molecule has 2 aromatic carbocycles. The monoisotopic (exact) mass is 476 g/mol. The van der Waals surface area contributed by atoms with E-state index in [0.29, 0.717) is 12.8 Å². The molecule has 0 spiro atoms. The van der Waals surface area contributed by atoms with Crippen molar-refractivity contribution in [3.05, 3.63) is 71.8 Å². The molecule has 35 heavy (non-hydrogen) atoms. The number of rotatable bonds is 5. The number of carbonyl (C=O) groups is 3. The molecule has 1 saturated carbocycles. The minimum Gasteiger partial charge on any atom is -0.480 e. The summed E-state index contributed by atoms with van der Waals surface area (Å²) in [6.07, 6.45) is 5.11. The van der Waals surface area contributed by atoms with Crippen molar-refractivity contribution in [2.75, 3.05) is 6.54 Å². The molecule has 1 N–H and O–H groups in total. The number of hydrogen-bond acceptors (Lipinski definition) is 4. The number of benzene rings is 2. The quantitative estimate of drug-likeness (QED) is 0.693. The predicted octanol–water partition coefficient (Wildman–Crippen LogP) is 4.35. The zero-order valence-electron chi connectivity index (χ0n) is 19.8. The molecule has 3 fully saturated rings. The standard InChI is InChI=1S/C28H32N2O5/c31-25(32)24-23-15-14-22(30(23)27(34)35-19-20-10-4-1-5-11-20)18-29(24)26(33)28(16-8-3-9-17-28)21-12-6-2-7-13-21/h1-2,4-7,10-13,22-24H,3,8-9,14-19H2,(H,31,32)/t22-,23+,24-/m0/s1. The first kappa shape index (κ1) is 23.4. The third kappa shape index (κ3) is 4.28. The lowest BCUT2D eigenvalue weighted by molar-refractivity contribution is -0.160. The van der Waals surface area contributed by atoms with Gasteiger partial charge in [0.05, 0.1) is 17.5 Å². The van der Waals surface area contributed by atoms with E-state index < -0.39 is 29.6 Å². The molecule has 7 heteroatoms. The Morgan fingerprint density at radius 2 is 1.57 bits per heavy atom. The first-order valence-corrected chi connectivity index (χ1v) is 12.6. The first-order chi connectivity index (χ1) is 17.0. The fraction of sp³-hybridized carbons (Fsp3) is 0.464. The van der Waals surface area contributed by atoms with Crippen LogP contribution in [0.1, 0.15) is 56.1 Å². The molecule has 2 heterocycles. The average Bonchev–Trinajstić information content (AvgIpc) is 3.20. The van der Waals surface area contributed by atoms with Crippen molar-refractivity contribution >= 4 is 18.0 Å². The number of fused-ring (bicyclic) bond motifs is 2. The number of ether oxygens (including phenoxy) is 1. The van der Waals surface area contributed by atoms with Gasteiger partial charge in [0, 0.05) is 6.54 Å². The van der Waals surface area contributed by atoms with Crippen LogP contribution in [0.4, 0.5) is 4.79 Å². The van der Waals surface area contributed by atoms with Crippen LogP contribution in [0.2, 0.25) is 0 Å². The molecule has 2 aromatic rings. The number of likely N-dealkylation sites (tertiary alicyclic amines) is 1. The highest BCUT2D eigenvalue weighted by Crippen LogP contribution is 2.44. The Labute approximate surface area is 205 Å².